The molecule has 24 heavy (non-hydrogen) atoms. The zero-order valence-electron chi connectivity index (χ0n) is 16.1. The van der Waals surface area contributed by atoms with Crippen molar-refractivity contribution in [3.8, 4) is 0 Å². The Balaban J connectivity index is 2.49. The van der Waals surface area contributed by atoms with Gasteiger partial charge in [-0.05, 0) is 54.1 Å². The number of likely N-dealkylation sites (tertiary alicyclic amines) is 1. The third-order valence-corrected chi connectivity index (χ3v) is 4.27. The summed E-state index contributed by atoms with van der Waals surface area (Å²) in [6.45, 7) is 5.91. The van der Waals surface area contributed by atoms with Crippen molar-refractivity contribution >= 4 is 11.8 Å². The van der Waals surface area contributed by atoms with Gasteiger partial charge in [0, 0.05) is 33.2 Å². The fraction of sp³-hybridized carbons (Fsp3) is 0.882. The van der Waals surface area contributed by atoms with E-state index in [1.807, 2.05) is 42.9 Å². The van der Waals surface area contributed by atoms with Crippen LogP contribution in [-0.2, 0) is 9.59 Å². The summed E-state index contributed by atoms with van der Waals surface area (Å²) in [7, 11) is 9.39. The summed E-state index contributed by atoms with van der Waals surface area (Å²) in [4.78, 5) is 34.3. The van der Waals surface area contributed by atoms with Crippen LogP contribution in [0.5, 0.6) is 0 Å². The molecule has 0 aliphatic carbocycles. The first-order valence-corrected chi connectivity index (χ1v) is 8.83. The van der Waals surface area contributed by atoms with Crippen LogP contribution in [0.2, 0.25) is 0 Å². The fourth-order valence-electron chi connectivity index (χ4n) is 2.79. The molecule has 0 atom stereocenters. The highest BCUT2D eigenvalue weighted by atomic mass is 16.2. The second-order valence-corrected chi connectivity index (χ2v) is 7.22. The van der Waals surface area contributed by atoms with E-state index in [0.717, 1.165) is 26.2 Å². The average molecular weight is 342 g/mol. The van der Waals surface area contributed by atoms with E-state index < -0.39 is 0 Å². The first-order chi connectivity index (χ1) is 11.3. The van der Waals surface area contributed by atoms with Crippen molar-refractivity contribution in [1.82, 2.24) is 24.5 Å². The van der Waals surface area contributed by atoms with Gasteiger partial charge in [0.05, 0.1) is 13.1 Å². The van der Waals surface area contributed by atoms with Crippen LogP contribution in [0.15, 0.2) is 0 Å². The SMILES string of the molecule is CN(C)CC(=O)N(C)CCN(CCN1CCCC1)C(=O)CN(C)C. The van der Waals surface area contributed by atoms with E-state index in [0.29, 0.717) is 26.2 Å². The zero-order valence-corrected chi connectivity index (χ0v) is 16.1. The average Bonchev–Trinajstić information content (AvgIpc) is 2.98. The van der Waals surface area contributed by atoms with Crippen LogP contribution in [0.3, 0.4) is 0 Å². The number of carbonyl (C=O) groups is 2. The predicted molar refractivity (Wildman–Crippen MR) is 97.0 cm³/mol. The largest absolute Gasteiger partial charge is 0.343 e. The van der Waals surface area contributed by atoms with Crippen LogP contribution in [-0.4, -0.2) is 124 Å². The highest BCUT2D eigenvalue weighted by molar-refractivity contribution is 5.79. The van der Waals surface area contributed by atoms with Crippen LogP contribution < -0.4 is 0 Å². The van der Waals surface area contributed by atoms with E-state index in [9.17, 15) is 9.59 Å². The summed E-state index contributed by atoms with van der Waals surface area (Å²) in [5, 5.41) is 0. The first kappa shape index (κ1) is 20.9. The van der Waals surface area contributed by atoms with Gasteiger partial charge in [0.25, 0.3) is 0 Å². The van der Waals surface area contributed by atoms with Gasteiger partial charge >= 0.3 is 0 Å². The maximum Gasteiger partial charge on any atom is 0.236 e. The van der Waals surface area contributed by atoms with Gasteiger partial charge in [-0.2, -0.15) is 0 Å². The quantitative estimate of drug-likeness (QED) is 0.536. The van der Waals surface area contributed by atoms with E-state index in [-0.39, 0.29) is 11.8 Å². The molecule has 7 heteroatoms. The molecule has 0 aromatic rings. The summed E-state index contributed by atoms with van der Waals surface area (Å²) in [5.41, 5.74) is 0. The van der Waals surface area contributed by atoms with Crippen molar-refractivity contribution in [3.05, 3.63) is 0 Å². The van der Waals surface area contributed by atoms with Gasteiger partial charge in [0.15, 0.2) is 0 Å². The third kappa shape index (κ3) is 8.08. The van der Waals surface area contributed by atoms with Gasteiger partial charge in [-0.3, -0.25) is 9.59 Å². The van der Waals surface area contributed by atoms with Crippen LogP contribution >= 0.6 is 0 Å². The molecule has 1 fully saturated rings. The van der Waals surface area contributed by atoms with Crippen molar-refractivity contribution in [2.45, 2.75) is 12.8 Å². The molecule has 1 heterocycles. The zero-order chi connectivity index (χ0) is 18.1. The van der Waals surface area contributed by atoms with Crippen LogP contribution in [0.1, 0.15) is 12.8 Å². The molecule has 1 aliphatic rings. The second kappa shape index (κ2) is 10.6. The molecule has 7 nitrogen and oxygen atoms in total. The smallest absolute Gasteiger partial charge is 0.236 e. The minimum Gasteiger partial charge on any atom is -0.343 e. The molecule has 0 aromatic carbocycles. The predicted octanol–water partition coefficient (Wildman–Crippen LogP) is -0.508. The van der Waals surface area contributed by atoms with Crippen molar-refractivity contribution in [3.63, 3.8) is 0 Å². The molecule has 140 valence electrons. The molecule has 2 amide bonds. The Morgan fingerprint density at radius 3 is 1.88 bits per heavy atom. The number of nitrogens with zero attached hydrogens (tertiary/aromatic N) is 5. The summed E-state index contributed by atoms with van der Waals surface area (Å²) < 4.78 is 0. The molecule has 0 bridgehead atoms. The lowest BCUT2D eigenvalue weighted by atomic mass is 10.3. The lowest BCUT2D eigenvalue weighted by molar-refractivity contribution is -0.135. The maximum atomic E-state index is 12.5. The van der Waals surface area contributed by atoms with Gasteiger partial charge in [-0.15, -0.1) is 0 Å². The summed E-state index contributed by atoms with van der Waals surface area (Å²) >= 11 is 0. The molecule has 0 aromatic heterocycles. The standard InChI is InChI=1S/C17H35N5O2/c1-18(2)14-16(23)20(5)10-12-22(17(24)15-19(3)4)13-11-21-8-6-7-9-21/h6-15H2,1-5H3. The molecule has 0 saturated carbocycles. The first-order valence-electron chi connectivity index (χ1n) is 8.83. The molecular formula is C17H35N5O2. The molecule has 1 rings (SSSR count). The van der Waals surface area contributed by atoms with Crippen molar-refractivity contribution in [1.29, 1.82) is 0 Å². The molecule has 0 unspecified atom stereocenters. The Hall–Kier alpha value is -1.18. The van der Waals surface area contributed by atoms with Crippen LogP contribution in [0.4, 0.5) is 0 Å². The molecule has 1 aliphatic heterocycles. The Bertz CT molecular complexity index is 394. The topological polar surface area (TPSA) is 50.3 Å². The van der Waals surface area contributed by atoms with Gasteiger partial charge in [0.1, 0.15) is 0 Å². The Morgan fingerprint density at radius 1 is 0.792 bits per heavy atom. The van der Waals surface area contributed by atoms with E-state index in [1.165, 1.54) is 12.8 Å². The van der Waals surface area contributed by atoms with Crippen LogP contribution in [0, 0.1) is 0 Å². The van der Waals surface area contributed by atoms with Crippen molar-refractivity contribution in [2.75, 3.05) is 87.6 Å². The molecule has 0 N–H and O–H groups in total. The second-order valence-electron chi connectivity index (χ2n) is 7.22. The number of hydrogen-bond acceptors (Lipinski definition) is 5. The Kier molecular flexibility index (Phi) is 9.25. The molecular weight excluding hydrogens is 306 g/mol. The minimum absolute atomic E-state index is 0.0829. The van der Waals surface area contributed by atoms with Gasteiger partial charge in [-0.25, -0.2) is 0 Å². The lowest BCUT2D eigenvalue weighted by Crippen LogP contribution is -2.46. The summed E-state index contributed by atoms with van der Waals surface area (Å²) in [6.07, 6.45) is 2.51. The Labute approximate surface area is 147 Å². The lowest BCUT2D eigenvalue weighted by Gasteiger charge is -2.29. The highest BCUT2D eigenvalue weighted by Gasteiger charge is 2.19. The maximum absolute atomic E-state index is 12.5. The number of rotatable bonds is 10. The number of likely N-dealkylation sites (N-methyl/N-ethyl adjacent to an activating group) is 3. The third-order valence-electron chi connectivity index (χ3n) is 4.27. The van der Waals surface area contributed by atoms with Crippen molar-refractivity contribution in [2.24, 2.45) is 0 Å². The summed E-state index contributed by atoms with van der Waals surface area (Å²) in [6, 6.07) is 0. The van der Waals surface area contributed by atoms with Crippen LogP contribution in [0.25, 0.3) is 0 Å². The van der Waals surface area contributed by atoms with Gasteiger partial charge < -0.3 is 24.5 Å². The molecule has 0 radical (unpaired) electrons. The number of carbonyl (C=O) groups excluding carboxylic acids is 2. The monoisotopic (exact) mass is 341 g/mol. The normalized spacial score (nSPS) is 15.3. The van der Waals surface area contributed by atoms with E-state index in [2.05, 4.69) is 4.90 Å². The van der Waals surface area contributed by atoms with Gasteiger partial charge in [0.2, 0.25) is 11.8 Å². The number of amides is 2. The number of hydrogen-bond donors (Lipinski definition) is 0. The minimum atomic E-state index is 0.0829. The van der Waals surface area contributed by atoms with E-state index in [4.69, 9.17) is 0 Å². The highest BCUT2D eigenvalue weighted by Crippen LogP contribution is 2.07. The van der Waals surface area contributed by atoms with E-state index >= 15 is 0 Å². The fourth-order valence-corrected chi connectivity index (χ4v) is 2.79. The Morgan fingerprint density at radius 2 is 1.33 bits per heavy atom. The summed E-state index contributed by atoms with van der Waals surface area (Å²) in [5.74, 6) is 0.215. The molecule has 0 spiro atoms. The van der Waals surface area contributed by atoms with Gasteiger partial charge in [-0.1, -0.05) is 0 Å². The van der Waals surface area contributed by atoms with E-state index in [1.54, 1.807) is 11.9 Å². The van der Waals surface area contributed by atoms with Crippen molar-refractivity contribution < 1.29 is 9.59 Å². The molecule has 1 saturated heterocycles.